The SMILES string of the molecule is CSc1cccc(NC/C=C/Cl)c1C. The monoisotopic (exact) mass is 227 g/mol. The summed E-state index contributed by atoms with van der Waals surface area (Å²) in [5.41, 5.74) is 4.00. The van der Waals surface area contributed by atoms with E-state index in [1.807, 2.05) is 6.08 Å². The molecule has 0 amide bonds. The van der Waals surface area contributed by atoms with Gasteiger partial charge in [0.25, 0.3) is 0 Å². The van der Waals surface area contributed by atoms with Crippen molar-refractivity contribution in [3.05, 3.63) is 35.4 Å². The number of benzene rings is 1. The molecule has 0 aromatic heterocycles. The fourth-order valence-corrected chi connectivity index (χ4v) is 1.96. The van der Waals surface area contributed by atoms with Crippen LogP contribution >= 0.6 is 23.4 Å². The van der Waals surface area contributed by atoms with E-state index in [0.717, 1.165) is 6.54 Å². The Bertz CT molecular complexity index is 323. The van der Waals surface area contributed by atoms with E-state index in [2.05, 4.69) is 36.7 Å². The minimum atomic E-state index is 0.766. The van der Waals surface area contributed by atoms with Gasteiger partial charge >= 0.3 is 0 Å². The highest BCUT2D eigenvalue weighted by molar-refractivity contribution is 7.98. The van der Waals surface area contributed by atoms with E-state index in [4.69, 9.17) is 11.6 Å². The molecule has 0 spiro atoms. The van der Waals surface area contributed by atoms with Crippen molar-refractivity contribution in [1.82, 2.24) is 0 Å². The van der Waals surface area contributed by atoms with Crippen molar-refractivity contribution in [2.45, 2.75) is 11.8 Å². The molecule has 1 nitrogen and oxygen atoms in total. The zero-order chi connectivity index (χ0) is 10.4. The lowest BCUT2D eigenvalue weighted by molar-refractivity contribution is 1.24. The van der Waals surface area contributed by atoms with Crippen LogP contribution in [0, 0.1) is 6.92 Å². The summed E-state index contributed by atoms with van der Waals surface area (Å²) in [6.07, 6.45) is 3.97. The van der Waals surface area contributed by atoms with Gasteiger partial charge in [0.1, 0.15) is 0 Å². The van der Waals surface area contributed by atoms with Gasteiger partial charge in [-0.2, -0.15) is 0 Å². The van der Waals surface area contributed by atoms with Crippen LogP contribution in [0.2, 0.25) is 0 Å². The first-order valence-electron chi connectivity index (χ1n) is 4.42. The number of hydrogen-bond donors (Lipinski definition) is 1. The third-order valence-corrected chi connectivity index (χ3v) is 3.06. The average Bonchev–Trinajstić information content (AvgIpc) is 2.21. The molecular formula is C11H14ClNS. The second kappa shape index (κ2) is 5.99. The van der Waals surface area contributed by atoms with Crippen molar-refractivity contribution in [3.63, 3.8) is 0 Å². The number of hydrogen-bond acceptors (Lipinski definition) is 2. The number of nitrogens with one attached hydrogen (secondary N) is 1. The Kier molecular flexibility index (Phi) is 4.91. The quantitative estimate of drug-likeness (QED) is 0.784. The highest BCUT2D eigenvalue weighted by atomic mass is 35.5. The van der Waals surface area contributed by atoms with Crippen LogP contribution in [0.5, 0.6) is 0 Å². The van der Waals surface area contributed by atoms with Crippen LogP contribution in [0.1, 0.15) is 5.56 Å². The lowest BCUT2D eigenvalue weighted by Crippen LogP contribution is -2.00. The van der Waals surface area contributed by atoms with Gasteiger partial charge in [-0.3, -0.25) is 0 Å². The molecule has 0 aliphatic rings. The predicted molar refractivity (Wildman–Crippen MR) is 66.4 cm³/mol. The standard InChI is InChI=1S/C11H14ClNS/c1-9-10(13-8-4-7-12)5-3-6-11(9)14-2/h3-7,13H,8H2,1-2H3/b7-4+. The Morgan fingerprint density at radius 1 is 1.50 bits per heavy atom. The molecule has 0 heterocycles. The van der Waals surface area contributed by atoms with E-state index < -0.39 is 0 Å². The third-order valence-electron chi connectivity index (χ3n) is 2.00. The summed E-state index contributed by atoms with van der Waals surface area (Å²) in [6, 6.07) is 6.27. The van der Waals surface area contributed by atoms with Gasteiger partial charge in [0.15, 0.2) is 0 Å². The number of anilines is 1. The largest absolute Gasteiger partial charge is 0.381 e. The van der Waals surface area contributed by atoms with Crippen LogP contribution in [0.4, 0.5) is 5.69 Å². The van der Waals surface area contributed by atoms with Gasteiger partial charge in [0, 0.05) is 22.7 Å². The van der Waals surface area contributed by atoms with Crippen molar-refractivity contribution in [3.8, 4) is 0 Å². The Morgan fingerprint density at radius 2 is 2.29 bits per heavy atom. The van der Waals surface area contributed by atoms with Gasteiger partial charge in [-0.15, -0.1) is 11.8 Å². The average molecular weight is 228 g/mol. The molecule has 0 saturated heterocycles. The van der Waals surface area contributed by atoms with Gasteiger partial charge < -0.3 is 5.32 Å². The summed E-state index contributed by atoms with van der Waals surface area (Å²) in [6.45, 7) is 2.89. The Balaban J connectivity index is 2.76. The van der Waals surface area contributed by atoms with E-state index in [9.17, 15) is 0 Å². The molecule has 14 heavy (non-hydrogen) atoms. The van der Waals surface area contributed by atoms with Crippen molar-refractivity contribution in [1.29, 1.82) is 0 Å². The second-order valence-corrected chi connectivity index (χ2v) is 3.98. The first-order valence-corrected chi connectivity index (χ1v) is 6.08. The molecule has 0 atom stereocenters. The van der Waals surface area contributed by atoms with Gasteiger partial charge in [-0.25, -0.2) is 0 Å². The molecular weight excluding hydrogens is 214 g/mol. The lowest BCUT2D eigenvalue weighted by Gasteiger charge is -2.10. The maximum atomic E-state index is 5.44. The third kappa shape index (κ3) is 2.96. The van der Waals surface area contributed by atoms with E-state index in [1.165, 1.54) is 21.7 Å². The van der Waals surface area contributed by atoms with Gasteiger partial charge in [-0.1, -0.05) is 23.7 Å². The van der Waals surface area contributed by atoms with E-state index >= 15 is 0 Å². The molecule has 1 aromatic carbocycles. The van der Waals surface area contributed by atoms with Gasteiger partial charge in [0.2, 0.25) is 0 Å². The normalized spacial score (nSPS) is 10.8. The first kappa shape index (κ1) is 11.5. The van der Waals surface area contributed by atoms with Crippen molar-refractivity contribution >= 4 is 29.1 Å². The molecule has 0 fully saturated rings. The topological polar surface area (TPSA) is 12.0 Å². The summed E-state index contributed by atoms with van der Waals surface area (Å²) < 4.78 is 0. The lowest BCUT2D eigenvalue weighted by atomic mass is 10.2. The molecule has 0 bridgehead atoms. The smallest absolute Gasteiger partial charge is 0.0383 e. The summed E-state index contributed by atoms with van der Waals surface area (Å²) in [4.78, 5) is 1.31. The number of rotatable bonds is 4. The summed E-state index contributed by atoms with van der Waals surface area (Å²) >= 11 is 7.21. The number of halogens is 1. The van der Waals surface area contributed by atoms with E-state index in [1.54, 1.807) is 11.8 Å². The molecule has 0 aliphatic heterocycles. The van der Waals surface area contributed by atoms with Crippen LogP contribution in [-0.4, -0.2) is 12.8 Å². The zero-order valence-corrected chi connectivity index (χ0v) is 9.95. The molecule has 1 N–H and O–H groups in total. The Labute approximate surface area is 94.5 Å². The molecule has 0 saturated carbocycles. The predicted octanol–water partition coefficient (Wildman–Crippen LogP) is 3.88. The summed E-state index contributed by atoms with van der Waals surface area (Å²) in [5, 5.41) is 3.30. The van der Waals surface area contributed by atoms with Crippen LogP contribution in [0.15, 0.2) is 34.7 Å². The fraction of sp³-hybridized carbons (Fsp3) is 0.273. The van der Waals surface area contributed by atoms with Crippen molar-refractivity contribution in [2.75, 3.05) is 18.1 Å². The first-order chi connectivity index (χ1) is 6.79. The second-order valence-electron chi connectivity index (χ2n) is 2.88. The zero-order valence-electron chi connectivity index (χ0n) is 8.38. The van der Waals surface area contributed by atoms with E-state index in [0.29, 0.717) is 0 Å². The Morgan fingerprint density at radius 3 is 2.93 bits per heavy atom. The molecule has 0 aliphatic carbocycles. The van der Waals surface area contributed by atoms with Crippen LogP contribution in [0.25, 0.3) is 0 Å². The highest BCUT2D eigenvalue weighted by Gasteiger charge is 2.00. The maximum absolute atomic E-state index is 5.44. The van der Waals surface area contributed by atoms with E-state index in [-0.39, 0.29) is 0 Å². The maximum Gasteiger partial charge on any atom is 0.0383 e. The molecule has 1 aromatic rings. The highest BCUT2D eigenvalue weighted by Crippen LogP contribution is 2.25. The molecule has 3 heteroatoms. The fourth-order valence-electron chi connectivity index (χ4n) is 1.24. The summed E-state index contributed by atoms with van der Waals surface area (Å²) in [7, 11) is 0. The molecule has 0 radical (unpaired) electrons. The van der Waals surface area contributed by atoms with Crippen molar-refractivity contribution in [2.24, 2.45) is 0 Å². The molecule has 0 unspecified atom stereocenters. The summed E-state index contributed by atoms with van der Waals surface area (Å²) in [5.74, 6) is 0. The molecule has 1 rings (SSSR count). The minimum Gasteiger partial charge on any atom is -0.381 e. The molecule has 76 valence electrons. The van der Waals surface area contributed by atoms with Crippen molar-refractivity contribution < 1.29 is 0 Å². The minimum absolute atomic E-state index is 0.766. The van der Waals surface area contributed by atoms with Gasteiger partial charge in [-0.05, 0) is 30.9 Å². The number of thioether (sulfide) groups is 1. The van der Waals surface area contributed by atoms with Crippen LogP contribution in [0.3, 0.4) is 0 Å². The Hall–Kier alpha value is -0.600. The van der Waals surface area contributed by atoms with Gasteiger partial charge in [0.05, 0.1) is 0 Å². The van der Waals surface area contributed by atoms with Crippen LogP contribution < -0.4 is 5.32 Å². The van der Waals surface area contributed by atoms with Crippen LogP contribution in [-0.2, 0) is 0 Å².